The van der Waals surface area contributed by atoms with Gasteiger partial charge in [0.15, 0.2) is 5.78 Å². The van der Waals surface area contributed by atoms with Crippen LogP contribution >= 0.6 is 15.9 Å². The molecule has 0 atom stereocenters. The molecule has 1 N–H and O–H groups in total. The van der Waals surface area contributed by atoms with Crippen molar-refractivity contribution in [2.24, 2.45) is 0 Å². The smallest absolute Gasteiger partial charge is 0.198 e. The van der Waals surface area contributed by atoms with Gasteiger partial charge in [0.2, 0.25) is 0 Å². The zero-order valence-corrected chi connectivity index (χ0v) is 15.2. The maximum atomic E-state index is 13.7. The van der Waals surface area contributed by atoms with Gasteiger partial charge in [-0.3, -0.25) is 4.79 Å². The first kappa shape index (κ1) is 18.0. The molecule has 0 fully saturated rings. The third kappa shape index (κ3) is 3.88. The highest BCUT2D eigenvalue weighted by Crippen LogP contribution is 2.26. The molecule has 0 amide bonds. The summed E-state index contributed by atoms with van der Waals surface area (Å²) in [6.45, 7) is 0. The first-order valence-electron chi connectivity index (χ1n) is 7.54. The highest BCUT2D eigenvalue weighted by molar-refractivity contribution is 9.10. The van der Waals surface area contributed by atoms with Gasteiger partial charge in [-0.05, 0) is 42.5 Å². The van der Waals surface area contributed by atoms with Crippen molar-refractivity contribution in [3.63, 3.8) is 0 Å². The lowest BCUT2D eigenvalue weighted by molar-refractivity contribution is 0.103. The molecule has 132 valence electrons. The summed E-state index contributed by atoms with van der Waals surface area (Å²) >= 11 is 3.33. The van der Waals surface area contributed by atoms with Crippen molar-refractivity contribution in [3.8, 4) is 5.75 Å². The van der Waals surface area contributed by atoms with Gasteiger partial charge in [0.05, 0.1) is 18.4 Å². The van der Waals surface area contributed by atoms with Crippen LogP contribution in [0.1, 0.15) is 15.9 Å². The van der Waals surface area contributed by atoms with E-state index in [1.165, 1.54) is 19.4 Å². The summed E-state index contributed by atoms with van der Waals surface area (Å²) in [6, 6.07) is 11.4. The minimum Gasteiger partial charge on any atom is -0.496 e. The van der Waals surface area contributed by atoms with Gasteiger partial charge in [-0.2, -0.15) is 0 Å². The average Bonchev–Trinajstić information content (AvgIpc) is 2.64. The van der Waals surface area contributed by atoms with E-state index >= 15 is 0 Å². The number of halogens is 3. The first-order chi connectivity index (χ1) is 12.5. The van der Waals surface area contributed by atoms with Gasteiger partial charge in [0.25, 0.3) is 0 Å². The topological polar surface area (TPSA) is 51.2 Å². The molecule has 0 radical (unpaired) electrons. The van der Waals surface area contributed by atoms with Gasteiger partial charge in [-0.1, -0.05) is 15.9 Å². The van der Waals surface area contributed by atoms with Gasteiger partial charge in [-0.15, -0.1) is 0 Å². The van der Waals surface area contributed by atoms with Crippen LogP contribution in [0.3, 0.4) is 0 Å². The summed E-state index contributed by atoms with van der Waals surface area (Å²) in [4.78, 5) is 16.8. The number of nitrogens with zero attached hydrogens (tertiary/aromatic N) is 1. The number of aromatic nitrogens is 1. The lowest BCUT2D eigenvalue weighted by Gasteiger charge is -2.09. The fraction of sp³-hybridized carbons (Fsp3) is 0.0526. The predicted octanol–water partition coefficient (Wildman–Crippen LogP) is 5.11. The highest BCUT2D eigenvalue weighted by atomic mass is 79.9. The molecule has 0 aliphatic heterocycles. The molecular weight excluding hydrogens is 406 g/mol. The van der Waals surface area contributed by atoms with Crippen molar-refractivity contribution >= 4 is 33.2 Å². The Morgan fingerprint density at radius 1 is 1.12 bits per heavy atom. The highest BCUT2D eigenvalue weighted by Gasteiger charge is 2.15. The van der Waals surface area contributed by atoms with E-state index in [1.807, 2.05) is 0 Å². The number of methoxy groups -OCH3 is 1. The molecule has 3 aromatic rings. The lowest BCUT2D eigenvalue weighted by Crippen LogP contribution is -2.05. The molecule has 3 rings (SSSR count). The van der Waals surface area contributed by atoms with E-state index in [-0.39, 0.29) is 11.5 Å². The number of benzene rings is 2. The second-order valence-electron chi connectivity index (χ2n) is 5.36. The second-order valence-corrected chi connectivity index (χ2v) is 6.27. The number of pyridine rings is 1. The van der Waals surface area contributed by atoms with Crippen molar-refractivity contribution in [1.29, 1.82) is 0 Å². The van der Waals surface area contributed by atoms with Crippen LogP contribution in [0.15, 0.2) is 59.2 Å². The normalized spacial score (nSPS) is 10.5. The summed E-state index contributed by atoms with van der Waals surface area (Å²) in [5.74, 6) is -0.868. The SMILES string of the molecule is COc1ccc(Br)cc1C(=O)c1ccc(Nc2ccc(F)cc2F)nc1. The zero-order valence-electron chi connectivity index (χ0n) is 13.6. The molecule has 0 saturated heterocycles. The molecule has 4 nitrogen and oxygen atoms in total. The summed E-state index contributed by atoms with van der Waals surface area (Å²) in [5.41, 5.74) is 0.840. The number of carbonyl (C=O) groups is 1. The monoisotopic (exact) mass is 418 g/mol. The van der Waals surface area contributed by atoms with Crippen LogP contribution in [0.5, 0.6) is 5.75 Å². The molecule has 0 spiro atoms. The van der Waals surface area contributed by atoms with Gasteiger partial charge >= 0.3 is 0 Å². The van der Waals surface area contributed by atoms with Crippen molar-refractivity contribution in [2.75, 3.05) is 12.4 Å². The molecule has 0 aliphatic rings. The quantitative estimate of drug-likeness (QED) is 0.585. The Hall–Kier alpha value is -2.80. The van der Waals surface area contributed by atoms with Crippen LogP contribution in [0.4, 0.5) is 20.3 Å². The number of hydrogen-bond acceptors (Lipinski definition) is 4. The minimum atomic E-state index is -0.731. The largest absolute Gasteiger partial charge is 0.496 e. The Kier molecular flexibility index (Phi) is 5.27. The predicted molar refractivity (Wildman–Crippen MR) is 98.0 cm³/mol. The molecule has 0 aliphatic carbocycles. The van der Waals surface area contributed by atoms with E-state index in [9.17, 15) is 13.6 Å². The Morgan fingerprint density at radius 2 is 1.92 bits per heavy atom. The van der Waals surface area contributed by atoms with Crippen molar-refractivity contribution in [3.05, 3.63) is 82.0 Å². The maximum absolute atomic E-state index is 13.7. The zero-order chi connectivity index (χ0) is 18.7. The first-order valence-corrected chi connectivity index (χ1v) is 8.33. The molecule has 26 heavy (non-hydrogen) atoms. The van der Waals surface area contributed by atoms with E-state index in [0.717, 1.165) is 16.6 Å². The maximum Gasteiger partial charge on any atom is 0.198 e. The molecule has 2 aromatic carbocycles. The van der Waals surface area contributed by atoms with Gasteiger partial charge < -0.3 is 10.1 Å². The molecular formula is C19H13BrF2N2O2. The van der Waals surface area contributed by atoms with Crippen LogP contribution in [0, 0.1) is 11.6 Å². The second kappa shape index (κ2) is 7.61. The minimum absolute atomic E-state index is 0.0895. The molecule has 0 bridgehead atoms. The number of anilines is 2. The van der Waals surface area contributed by atoms with Crippen molar-refractivity contribution in [1.82, 2.24) is 4.98 Å². The Balaban J connectivity index is 1.83. The molecule has 0 saturated carbocycles. The number of rotatable bonds is 5. The summed E-state index contributed by atoms with van der Waals surface area (Å²) < 4.78 is 32.6. The van der Waals surface area contributed by atoms with Crippen LogP contribution in [-0.2, 0) is 0 Å². The van der Waals surface area contributed by atoms with E-state index in [2.05, 4.69) is 26.2 Å². The van der Waals surface area contributed by atoms with Crippen molar-refractivity contribution in [2.45, 2.75) is 0 Å². The molecule has 1 heterocycles. The fourth-order valence-corrected chi connectivity index (χ4v) is 2.71. The summed E-state index contributed by atoms with van der Waals surface area (Å²) in [5, 5.41) is 2.74. The van der Waals surface area contributed by atoms with Gasteiger partial charge in [-0.25, -0.2) is 13.8 Å². The third-order valence-corrected chi connectivity index (χ3v) is 4.12. The Bertz CT molecular complexity index is 962. The lowest BCUT2D eigenvalue weighted by atomic mass is 10.0. The summed E-state index contributed by atoms with van der Waals surface area (Å²) in [6.07, 6.45) is 1.38. The number of ether oxygens (including phenoxy) is 1. The number of ketones is 1. The average molecular weight is 419 g/mol. The standard InChI is InChI=1S/C19H13BrF2N2O2/c1-26-17-6-3-12(20)8-14(17)19(25)11-2-7-18(23-10-11)24-16-5-4-13(21)9-15(16)22/h2-10H,1H3,(H,23,24). The Morgan fingerprint density at radius 3 is 2.58 bits per heavy atom. The van der Waals surface area contributed by atoms with E-state index in [4.69, 9.17) is 4.74 Å². The van der Waals surface area contributed by atoms with Crippen molar-refractivity contribution < 1.29 is 18.3 Å². The van der Waals surface area contributed by atoms with Gasteiger partial charge in [0.1, 0.15) is 23.2 Å². The fourth-order valence-electron chi connectivity index (χ4n) is 2.34. The third-order valence-electron chi connectivity index (χ3n) is 3.63. The number of nitrogens with one attached hydrogen (secondary N) is 1. The van der Waals surface area contributed by atoms with Crippen LogP contribution in [-0.4, -0.2) is 17.9 Å². The number of hydrogen-bond donors (Lipinski definition) is 1. The van der Waals surface area contributed by atoms with Gasteiger partial charge in [0, 0.05) is 22.3 Å². The Labute approximate surface area is 157 Å². The molecule has 1 aromatic heterocycles. The number of carbonyl (C=O) groups excluding carboxylic acids is 1. The van der Waals surface area contributed by atoms with E-state index in [0.29, 0.717) is 22.7 Å². The molecule has 7 heteroatoms. The van der Waals surface area contributed by atoms with Crippen LogP contribution in [0.2, 0.25) is 0 Å². The van der Waals surface area contributed by atoms with Crippen LogP contribution in [0.25, 0.3) is 0 Å². The molecule has 0 unspecified atom stereocenters. The van der Waals surface area contributed by atoms with E-state index in [1.54, 1.807) is 30.3 Å². The van der Waals surface area contributed by atoms with E-state index < -0.39 is 11.6 Å². The van der Waals surface area contributed by atoms with Crippen LogP contribution < -0.4 is 10.1 Å². The summed E-state index contributed by atoms with van der Waals surface area (Å²) in [7, 11) is 1.49.